The summed E-state index contributed by atoms with van der Waals surface area (Å²) in [5, 5.41) is 7.81. The van der Waals surface area contributed by atoms with Crippen LogP contribution in [-0.4, -0.2) is 62.6 Å². The van der Waals surface area contributed by atoms with E-state index in [0.29, 0.717) is 42.6 Å². The van der Waals surface area contributed by atoms with E-state index in [-0.39, 0.29) is 5.91 Å². The van der Waals surface area contributed by atoms with E-state index in [1.165, 1.54) is 6.20 Å². The van der Waals surface area contributed by atoms with Crippen LogP contribution in [0.3, 0.4) is 0 Å². The van der Waals surface area contributed by atoms with Crippen molar-refractivity contribution in [2.45, 2.75) is 4.90 Å². The van der Waals surface area contributed by atoms with Crippen LogP contribution in [-0.2, 0) is 10.8 Å². The number of amides is 1. The molecule has 0 spiro atoms. The second-order valence-corrected chi connectivity index (χ2v) is 6.58. The van der Waals surface area contributed by atoms with Crippen molar-refractivity contribution < 1.29 is 9.00 Å². The summed E-state index contributed by atoms with van der Waals surface area (Å²) in [6.45, 7) is 2.51. The fourth-order valence-electron chi connectivity index (χ4n) is 2.49. The zero-order valence-corrected chi connectivity index (χ0v) is 13.6. The van der Waals surface area contributed by atoms with Gasteiger partial charge in [0, 0.05) is 53.7 Å². The van der Waals surface area contributed by atoms with E-state index >= 15 is 0 Å². The van der Waals surface area contributed by atoms with Crippen molar-refractivity contribution in [3.05, 3.63) is 42.2 Å². The topological polar surface area (TPSA) is 79.3 Å². The first-order chi connectivity index (χ1) is 11.1. The molecule has 1 aliphatic heterocycles. The summed E-state index contributed by atoms with van der Waals surface area (Å²) in [6, 6.07) is 7.00. The van der Waals surface area contributed by atoms with Gasteiger partial charge >= 0.3 is 0 Å². The molecule has 1 aromatic carbocycles. The maximum Gasteiger partial charge on any atom is 0.254 e. The van der Waals surface area contributed by atoms with Gasteiger partial charge in [0.25, 0.3) is 5.91 Å². The fraction of sp³-hybridized carbons (Fsp3) is 0.333. The van der Waals surface area contributed by atoms with Crippen LogP contribution in [0.2, 0.25) is 0 Å². The van der Waals surface area contributed by atoms with Gasteiger partial charge in [0.2, 0.25) is 5.95 Å². The third-order valence-electron chi connectivity index (χ3n) is 3.73. The number of anilines is 1. The SMILES string of the molecule is CS(=O)c1cccc(C(=O)N2CCN(c3nccnn3)CC2)c1. The standard InChI is InChI=1S/C15H17N5O2S/c1-23(22)13-4-2-3-12(11-13)14(21)19-7-9-20(10-8-19)15-16-5-6-17-18-15/h2-6,11H,7-10H2,1H3. The van der Waals surface area contributed by atoms with Crippen LogP contribution in [0.4, 0.5) is 5.95 Å². The number of benzene rings is 1. The minimum atomic E-state index is -1.09. The molecule has 3 rings (SSSR count). The van der Waals surface area contributed by atoms with Crippen LogP contribution in [0.15, 0.2) is 41.6 Å². The van der Waals surface area contributed by atoms with Gasteiger partial charge < -0.3 is 9.80 Å². The smallest absolute Gasteiger partial charge is 0.254 e. The molecular weight excluding hydrogens is 314 g/mol. The Labute approximate surface area is 136 Å². The summed E-state index contributed by atoms with van der Waals surface area (Å²) in [6.07, 6.45) is 4.75. The van der Waals surface area contributed by atoms with Gasteiger partial charge in [-0.15, -0.1) is 5.10 Å². The predicted molar refractivity (Wildman–Crippen MR) is 86.7 cm³/mol. The summed E-state index contributed by atoms with van der Waals surface area (Å²) in [5.74, 6) is 0.548. The Balaban J connectivity index is 1.66. The lowest BCUT2D eigenvalue weighted by atomic mass is 10.2. The molecule has 0 aliphatic carbocycles. The molecule has 1 unspecified atom stereocenters. The Morgan fingerprint density at radius 1 is 1.17 bits per heavy atom. The Bertz CT molecular complexity index is 717. The van der Waals surface area contributed by atoms with E-state index in [1.807, 2.05) is 4.90 Å². The quantitative estimate of drug-likeness (QED) is 0.818. The molecule has 1 aliphatic rings. The van der Waals surface area contributed by atoms with Crippen LogP contribution in [0, 0.1) is 0 Å². The van der Waals surface area contributed by atoms with Crippen molar-refractivity contribution in [2.24, 2.45) is 0 Å². The minimum Gasteiger partial charge on any atom is -0.336 e. The van der Waals surface area contributed by atoms with Crippen LogP contribution in [0.25, 0.3) is 0 Å². The fourth-order valence-corrected chi connectivity index (χ4v) is 3.05. The average Bonchev–Trinajstić information content (AvgIpc) is 2.62. The number of piperazine rings is 1. The third kappa shape index (κ3) is 3.53. The lowest BCUT2D eigenvalue weighted by Gasteiger charge is -2.34. The number of hydrogen-bond donors (Lipinski definition) is 0. The molecule has 1 amide bonds. The number of aromatic nitrogens is 3. The zero-order valence-electron chi connectivity index (χ0n) is 12.8. The largest absolute Gasteiger partial charge is 0.336 e. The lowest BCUT2D eigenvalue weighted by molar-refractivity contribution is 0.0746. The maximum atomic E-state index is 12.6. The second-order valence-electron chi connectivity index (χ2n) is 5.20. The third-order valence-corrected chi connectivity index (χ3v) is 4.65. The van der Waals surface area contributed by atoms with E-state index in [4.69, 9.17) is 0 Å². The van der Waals surface area contributed by atoms with E-state index in [0.717, 1.165) is 0 Å². The normalized spacial score (nSPS) is 16.2. The molecule has 23 heavy (non-hydrogen) atoms. The van der Waals surface area contributed by atoms with E-state index < -0.39 is 10.8 Å². The van der Waals surface area contributed by atoms with Crippen molar-refractivity contribution in [1.29, 1.82) is 0 Å². The first-order valence-corrected chi connectivity index (χ1v) is 8.82. The molecule has 2 heterocycles. The number of nitrogens with zero attached hydrogens (tertiary/aromatic N) is 5. The molecule has 0 N–H and O–H groups in total. The number of rotatable bonds is 3. The summed E-state index contributed by atoms with van der Waals surface area (Å²) in [4.78, 5) is 21.2. The van der Waals surface area contributed by atoms with Gasteiger partial charge in [-0.2, -0.15) is 5.10 Å². The first-order valence-electron chi connectivity index (χ1n) is 7.26. The maximum absolute atomic E-state index is 12.6. The van der Waals surface area contributed by atoms with Crippen molar-refractivity contribution in [3.63, 3.8) is 0 Å². The summed E-state index contributed by atoms with van der Waals surface area (Å²) >= 11 is 0. The van der Waals surface area contributed by atoms with Gasteiger partial charge in [-0.3, -0.25) is 9.00 Å². The van der Waals surface area contributed by atoms with Crippen LogP contribution in [0.1, 0.15) is 10.4 Å². The molecule has 7 nitrogen and oxygen atoms in total. The molecule has 1 saturated heterocycles. The van der Waals surface area contributed by atoms with Gasteiger partial charge in [0.15, 0.2) is 0 Å². The van der Waals surface area contributed by atoms with Gasteiger partial charge in [0.05, 0.1) is 12.4 Å². The summed E-state index contributed by atoms with van der Waals surface area (Å²) in [7, 11) is -1.09. The highest BCUT2D eigenvalue weighted by Gasteiger charge is 2.23. The minimum absolute atomic E-state index is 0.0379. The van der Waals surface area contributed by atoms with Crippen molar-refractivity contribution in [2.75, 3.05) is 37.3 Å². The number of carbonyl (C=O) groups excluding carboxylic acids is 1. The molecule has 1 atom stereocenters. The van der Waals surface area contributed by atoms with E-state index in [2.05, 4.69) is 15.2 Å². The highest BCUT2D eigenvalue weighted by molar-refractivity contribution is 7.84. The molecule has 120 valence electrons. The van der Waals surface area contributed by atoms with E-state index in [9.17, 15) is 9.00 Å². The van der Waals surface area contributed by atoms with Crippen LogP contribution >= 0.6 is 0 Å². The zero-order chi connectivity index (χ0) is 16.2. The monoisotopic (exact) mass is 331 g/mol. The molecule has 1 fully saturated rings. The highest BCUT2D eigenvalue weighted by Crippen LogP contribution is 2.14. The van der Waals surface area contributed by atoms with Gasteiger partial charge in [0.1, 0.15) is 0 Å². The van der Waals surface area contributed by atoms with Crippen molar-refractivity contribution in [3.8, 4) is 0 Å². The highest BCUT2D eigenvalue weighted by atomic mass is 32.2. The van der Waals surface area contributed by atoms with E-state index in [1.54, 1.807) is 41.6 Å². The van der Waals surface area contributed by atoms with Gasteiger partial charge in [-0.25, -0.2) is 4.98 Å². The molecular formula is C15H17N5O2S. The second kappa shape index (κ2) is 6.82. The number of hydrogen-bond acceptors (Lipinski definition) is 6. The van der Waals surface area contributed by atoms with Crippen molar-refractivity contribution >= 4 is 22.7 Å². The van der Waals surface area contributed by atoms with Crippen LogP contribution < -0.4 is 4.90 Å². The Kier molecular flexibility index (Phi) is 4.61. The molecule has 0 radical (unpaired) electrons. The summed E-state index contributed by atoms with van der Waals surface area (Å²) < 4.78 is 11.6. The van der Waals surface area contributed by atoms with Gasteiger partial charge in [-0.1, -0.05) is 6.07 Å². The van der Waals surface area contributed by atoms with Crippen molar-refractivity contribution in [1.82, 2.24) is 20.1 Å². The lowest BCUT2D eigenvalue weighted by Crippen LogP contribution is -2.49. The Morgan fingerprint density at radius 2 is 1.96 bits per heavy atom. The molecule has 8 heteroatoms. The average molecular weight is 331 g/mol. The Hall–Kier alpha value is -2.35. The number of carbonyl (C=O) groups is 1. The van der Waals surface area contributed by atoms with Crippen LogP contribution in [0.5, 0.6) is 0 Å². The molecule has 0 saturated carbocycles. The molecule has 1 aromatic heterocycles. The molecule has 0 bridgehead atoms. The predicted octanol–water partition coefficient (Wildman–Crippen LogP) is 0.571. The summed E-state index contributed by atoms with van der Waals surface area (Å²) in [5.41, 5.74) is 0.573. The Morgan fingerprint density at radius 3 is 2.61 bits per heavy atom. The molecule has 2 aromatic rings. The first kappa shape index (κ1) is 15.5. The van der Waals surface area contributed by atoms with Gasteiger partial charge in [-0.05, 0) is 18.2 Å².